The van der Waals surface area contributed by atoms with Crippen molar-refractivity contribution in [2.75, 3.05) is 0 Å². The van der Waals surface area contributed by atoms with Crippen LogP contribution in [-0.2, 0) is 0 Å². The number of fused-ring (bicyclic) bond motifs is 1. The molecule has 31 heavy (non-hydrogen) atoms. The van der Waals surface area contributed by atoms with Gasteiger partial charge in [-0.15, -0.1) is 13.2 Å². The van der Waals surface area contributed by atoms with E-state index in [4.69, 9.17) is 0 Å². The third kappa shape index (κ3) is 3.97. The van der Waals surface area contributed by atoms with E-state index in [1.807, 2.05) is 0 Å². The summed E-state index contributed by atoms with van der Waals surface area (Å²) in [4.78, 5) is 26.0. The molecular weight excluding hydrogens is 417 g/mol. The van der Waals surface area contributed by atoms with Gasteiger partial charge in [0.1, 0.15) is 11.4 Å². The molecule has 0 amide bonds. The molecule has 4 rings (SSSR count). The van der Waals surface area contributed by atoms with Crippen LogP contribution < -0.4 is 10.3 Å². The fourth-order valence-corrected chi connectivity index (χ4v) is 3.24. The highest BCUT2D eigenvalue weighted by Gasteiger charge is 2.31. The first-order valence-electron chi connectivity index (χ1n) is 8.86. The van der Waals surface area contributed by atoms with Gasteiger partial charge in [-0.25, -0.2) is 0 Å². The lowest BCUT2D eigenvalue weighted by molar-refractivity contribution is -0.384. The molecule has 0 aliphatic heterocycles. The molecule has 2 aromatic carbocycles. The molecule has 158 valence electrons. The standard InChI is InChI=1S/C20H13F3N4O4/c1-11-18(13-4-8-15(9-5-13)31-20(21,22)23)19-24-16(10-17(28)26(19)25-11)12-2-6-14(7-3-12)27(29)30/h2-10,24H,1H3. The Bertz CT molecular complexity index is 1340. The molecule has 4 aromatic rings. The molecule has 11 heteroatoms. The Balaban J connectivity index is 1.80. The molecule has 0 spiro atoms. The number of non-ortho nitro benzene ring substituents is 1. The van der Waals surface area contributed by atoms with Gasteiger partial charge in [0.25, 0.3) is 11.2 Å². The first-order chi connectivity index (χ1) is 14.6. The van der Waals surface area contributed by atoms with Crippen molar-refractivity contribution in [2.45, 2.75) is 13.3 Å². The zero-order valence-corrected chi connectivity index (χ0v) is 15.8. The predicted molar refractivity (Wildman–Crippen MR) is 105 cm³/mol. The number of benzene rings is 2. The largest absolute Gasteiger partial charge is 0.573 e. The number of aryl methyl sites for hydroxylation is 1. The van der Waals surface area contributed by atoms with E-state index < -0.39 is 16.8 Å². The minimum atomic E-state index is -4.80. The van der Waals surface area contributed by atoms with Gasteiger partial charge >= 0.3 is 6.36 Å². The quantitative estimate of drug-likeness (QED) is 0.380. The van der Waals surface area contributed by atoms with Crippen LogP contribution >= 0.6 is 0 Å². The van der Waals surface area contributed by atoms with Crippen molar-refractivity contribution in [3.63, 3.8) is 0 Å². The lowest BCUT2D eigenvalue weighted by Gasteiger charge is -2.09. The first kappa shape index (κ1) is 20.1. The van der Waals surface area contributed by atoms with Crippen LogP contribution in [0.2, 0.25) is 0 Å². The lowest BCUT2D eigenvalue weighted by Crippen LogP contribution is -2.16. The van der Waals surface area contributed by atoms with Gasteiger partial charge in [0.2, 0.25) is 0 Å². The second-order valence-corrected chi connectivity index (χ2v) is 6.62. The number of alkyl halides is 3. The van der Waals surface area contributed by atoms with Gasteiger partial charge in [-0.05, 0) is 42.3 Å². The van der Waals surface area contributed by atoms with Crippen LogP contribution in [-0.4, -0.2) is 25.9 Å². The van der Waals surface area contributed by atoms with E-state index in [1.165, 1.54) is 54.6 Å². The van der Waals surface area contributed by atoms with E-state index in [0.29, 0.717) is 33.7 Å². The fourth-order valence-electron chi connectivity index (χ4n) is 3.24. The molecule has 0 atom stereocenters. The summed E-state index contributed by atoms with van der Waals surface area (Å²) in [6.45, 7) is 1.67. The number of aromatic amines is 1. The van der Waals surface area contributed by atoms with Crippen molar-refractivity contribution >= 4 is 11.3 Å². The Morgan fingerprint density at radius 1 is 1.06 bits per heavy atom. The maximum absolute atomic E-state index is 12.6. The zero-order chi connectivity index (χ0) is 22.3. The van der Waals surface area contributed by atoms with Crippen LogP contribution in [0.3, 0.4) is 0 Å². The summed E-state index contributed by atoms with van der Waals surface area (Å²) in [6.07, 6.45) is -4.80. The number of halogens is 3. The molecule has 0 fully saturated rings. The highest BCUT2D eigenvalue weighted by molar-refractivity contribution is 5.81. The van der Waals surface area contributed by atoms with Crippen molar-refractivity contribution in [1.82, 2.24) is 14.6 Å². The maximum Gasteiger partial charge on any atom is 0.573 e. The molecule has 2 aromatic heterocycles. The third-order valence-electron chi connectivity index (χ3n) is 4.56. The van der Waals surface area contributed by atoms with E-state index in [1.54, 1.807) is 6.92 Å². The third-order valence-corrected chi connectivity index (χ3v) is 4.56. The summed E-state index contributed by atoms with van der Waals surface area (Å²) in [6, 6.07) is 12.2. The molecule has 0 saturated carbocycles. The number of aromatic nitrogens is 3. The minimum Gasteiger partial charge on any atom is -0.406 e. The second-order valence-electron chi connectivity index (χ2n) is 6.62. The smallest absolute Gasteiger partial charge is 0.406 e. The number of rotatable bonds is 4. The summed E-state index contributed by atoms with van der Waals surface area (Å²) in [5.74, 6) is -0.370. The van der Waals surface area contributed by atoms with E-state index in [2.05, 4.69) is 14.8 Å². The van der Waals surface area contributed by atoms with Gasteiger partial charge in [-0.2, -0.15) is 9.61 Å². The van der Waals surface area contributed by atoms with Crippen LogP contribution in [0.1, 0.15) is 5.69 Å². The van der Waals surface area contributed by atoms with Crippen LogP contribution in [0.15, 0.2) is 59.4 Å². The monoisotopic (exact) mass is 430 g/mol. The molecule has 0 bridgehead atoms. The summed E-state index contributed by atoms with van der Waals surface area (Å²) >= 11 is 0. The van der Waals surface area contributed by atoms with Gasteiger partial charge in [0, 0.05) is 23.8 Å². The molecule has 8 nitrogen and oxygen atoms in total. The topological polar surface area (TPSA) is 103 Å². The van der Waals surface area contributed by atoms with Crippen LogP contribution in [0, 0.1) is 17.0 Å². The maximum atomic E-state index is 12.6. The fraction of sp³-hybridized carbons (Fsp3) is 0.100. The number of hydrogen-bond donors (Lipinski definition) is 1. The normalized spacial score (nSPS) is 11.6. The van der Waals surface area contributed by atoms with Crippen LogP contribution in [0.4, 0.5) is 18.9 Å². The Labute approximate surface area is 171 Å². The average Bonchev–Trinajstić information content (AvgIpc) is 3.04. The Hall–Kier alpha value is -4.15. The highest BCUT2D eigenvalue weighted by atomic mass is 19.4. The summed E-state index contributed by atoms with van der Waals surface area (Å²) in [5.41, 5.74) is 2.30. The van der Waals surface area contributed by atoms with Crippen LogP contribution in [0.25, 0.3) is 28.0 Å². The molecule has 0 aliphatic rings. The number of ether oxygens (including phenoxy) is 1. The molecule has 0 radical (unpaired) electrons. The lowest BCUT2D eigenvalue weighted by atomic mass is 10.1. The first-order valence-corrected chi connectivity index (χ1v) is 8.86. The molecule has 1 N–H and O–H groups in total. The summed E-state index contributed by atoms with van der Waals surface area (Å²) in [5, 5.41) is 15.1. The summed E-state index contributed by atoms with van der Waals surface area (Å²) in [7, 11) is 0. The molecule has 2 heterocycles. The molecule has 0 saturated heterocycles. The number of nitrogens with zero attached hydrogens (tertiary/aromatic N) is 3. The van der Waals surface area contributed by atoms with Crippen molar-refractivity contribution in [1.29, 1.82) is 0 Å². The van der Waals surface area contributed by atoms with Crippen LogP contribution in [0.5, 0.6) is 5.75 Å². The molecule has 0 aliphatic carbocycles. The zero-order valence-electron chi connectivity index (χ0n) is 15.8. The Morgan fingerprint density at radius 3 is 2.26 bits per heavy atom. The van der Waals surface area contributed by atoms with Gasteiger partial charge in [-0.3, -0.25) is 14.9 Å². The van der Waals surface area contributed by atoms with Crippen molar-refractivity contribution in [2.24, 2.45) is 0 Å². The number of H-pyrrole nitrogens is 1. The highest BCUT2D eigenvalue weighted by Crippen LogP contribution is 2.31. The van der Waals surface area contributed by atoms with Gasteiger partial charge in [0.15, 0.2) is 0 Å². The van der Waals surface area contributed by atoms with E-state index in [0.717, 1.165) is 4.52 Å². The average molecular weight is 430 g/mol. The van der Waals surface area contributed by atoms with Crippen molar-refractivity contribution < 1.29 is 22.8 Å². The second kappa shape index (κ2) is 7.27. The Kier molecular flexibility index (Phi) is 4.72. The molecular formula is C20H13F3N4O4. The van der Waals surface area contributed by atoms with Gasteiger partial charge in [-0.1, -0.05) is 12.1 Å². The van der Waals surface area contributed by atoms with E-state index in [-0.39, 0.29) is 11.4 Å². The summed E-state index contributed by atoms with van der Waals surface area (Å²) < 4.78 is 42.2. The number of nitrogens with one attached hydrogen (secondary N) is 1. The van der Waals surface area contributed by atoms with Crippen molar-refractivity contribution in [3.05, 3.63) is 80.8 Å². The number of nitro benzene ring substituents is 1. The predicted octanol–water partition coefficient (Wildman–Crippen LogP) is 4.47. The van der Waals surface area contributed by atoms with Crippen molar-refractivity contribution in [3.8, 4) is 28.1 Å². The van der Waals surface area contributed by atoms with E-state index in [9.17, 15) is 28.1 Å². The Morgan fingerprint density at radius 2 is 1.68 bits per heavy atom. The number of hydrogen-bond acceptors (Lipinski definition) is 5. The molecule has 0 unspecified atom stereocenters. The van der Waals surface area contributed by atoms with Gasteiger partial charge < -0.3 is 9.72 Å². The van der Waals surface area contributed by atoms with E-state index >= 15 is 0 Å². The SMILES string of the molecule is Cc1nn2c(=O)cc(-c3ccc([N+](=O)[O-])cc3)[nH]c2c1-c1ccc(OC(F)(F)F)cc1. The van der Waals surface area contributed by atoms with Gasteiger partial charge in [0.05, 0.1) is 16.3 Å². The number of nitro groups is 1. The minimum absolute atomic E-state index is 0.0887.